The van der Waals surface area contributed by atoms with Crippen LogP contribution >= 0.6 is 0 Å². The Hall–Kier alpha value is -2.43. The molecule has 1 aliphatic rings. The number of rotatable bonds is 5. The van der Waals surface area contributed by atoms with Crippen molar-refractivity contribution < 1.29 is 9.59 Å². The fourth-order valence-electron chi connectivity index (χ4n) is 4.00. The SMILES string of the molecule is CC(=O)c1[nH]c(C)c(C(=O)N2CCCCC2CCc2ccccn2)c1C. The first-order chi connectivity index (χ1) is 12.5. The van der Waals surface area contributed by atoms with Gasteiger partial charge in [-0.1, -0.05) is 6.07 Å². The molecule has 5 nitrogen and oxygen atoms in total. The van der Waals surface area contributed by atoms with E-state index in [2.05, 4.69) is 9.97 Å². The summed E-state index contributed by atoms with van der Waals surface area (Å²) in [6, 6.07) is 6.19. The zero-order chi connectivity index (χ0) is 18.7. The maximum absolute atomic E-state index is 13.3. The van der Waals surface area contributed by atoms with Crippen molar-refractivity contribution in [3.8, 4) is 0 Å². The lowest BCUT2D eigenvalue weighted by atomic mass is 9.95. The van der Waals surface area contributed by atoms with E-state index < -0.39 is 0 Å². The van der Waals surface area contributed by atoms with Crippen LogP contribution in [0, 0.1) is 13.8 Å². The van der Waals surface area contributed by atoms with Crippen LogP contribution in [0.3, 0.4) is 0 Å². The van der Waals surface area contributed by atoms with Gasteiger partial charge in [0.2, 0.25) is 0 Å². The van der Waals surface area contributed by atoms with Gasteiger partial charge in [0.25, 0.3) is 5.91 Å². The Morgan fingerprint density at radius 1 is 1.27 bits per heavy atom. The highest BCUT2D eigenvalue weighted by atomic mass is 16.2. The van der Waals surface area contributed by atoms with E-state index in [9.17, 15) is 9.59 Å². The highest BCUT2D eigenvalue weighted by Gasteiger charge is 2.30. The third-order valence-electron chi connectivity index (χ3n) is 5.35. The van der Waals surface area contributed by atoms with E-state index >= 15 is 0 Å². The summed E-state index contributed by atoms with van der Waals surface area (Å²) in [7, 11) is 0. The molecule has 0 bridgehead atoms. The minimum atomic E-state index is -0.0324. The highest BCUT2D eigenvalue weighted by Crippen LogP contribution is 2.27. The molecule has 0 saturated carbocycles. The Balaban J connectivity index is 1.79. The number of aryl methyl sites for hydroxylation is 2. The topological polar surface area (TPSA) is 66.1 Å². The molecule has 5 heteroatoms. The first-order valence-corrected chi connectivity index (χ1v) is 9.40. The number of pyridine rings is 1. The van der Waals surface area contributed by atoms with Crippen molar-refractivity contribution in [2.75, 3.05) is 6.54 Å². The summed E-state index contributed by atoms with van der Waals surface area (Å²) in [5.74, 6) is 0.0180. The standard InChI is InChI=1S/C21H27N3O2/c1-14-19(15(2)23-20(14)16(3)25)21(26)24-13-7-5-9-18(24)11-10-17-8-4-6-12-22-17/h4,6,8,12,18,23H,5,7,9-11,13H2,1-3H3. The van der Waals surface area contributed by atoms with Crippen molar-refractivity contribution in [1.82, 2.24) is 14.9 Å². The highest BCUT2D eigenvalue weighted by molar-refractivity contribution is 6.02. The average Bonchev–Trinajstić information content (AvgIpc) is 2.95. The molecule has 3 heterocycles. The van der Waals surface area contributed by atoms with Crippen LogP contribution in [0.5, 0.6) is 0 Å². The Bertz CT molecular complexity index is 795. The maximum Gasteiger partial charge on any atom is 0.256 e. The molecule has 1 N–H and O–H groups in total. The van der Waals surface area contributed by atoms with Gasteiger partial charge in [-0.3, -0.25) is 14.6 Å². The van der Waals surface area contributed by atoms with Crippen LogP contribution in [-0.4, -0.2) is 39.1 Å². The number of likely N-dealkylation sites (tertiary alicyclic amines) is 1. The Morgan fingerprint density at radius 3 is 2.73 bits per heavy atom. The first-order valence-electron chi connectivity index (χ1n) is 9.40. The molecule has 2 aromatic heterocycles. The van der Waals surface area contributed by atoms with Crippen LogP contribution in [0.1, 0.15) is 70.4 Å². The molecule has 1 saturated heterocycles. The number of amides is 1. The number of nitrogens with zero attached hydrogens (tertiary/aromatic N) is 2. The normalized spacial score (nSPS) is 17.3. The molecule has 1 unspecified atom stereocenters. The van der Waals surface area contributed by atoms with Crippen molar-refractivity contribution >= 4 is 11.7 Å². The molecule has 0 spiro atoms. The predicted octanol–water partition coefficient (Wildman–Crippen LogP) is 3.86. The Labute approximate surface area is 154 Å². The fraction of sp³-hybridized carbons (Fsp3) is 0.476. The summed E-state index contributed by atoms with van der Waals surface area (Å²) in [5.41, 5.74) is 3.84. The lowest BCUT2D eigenvalue weighted by molar-refractivity contribution is 0.0600. The number of nitrogens with one attached hydrogen (secondary N) is 1. The monoisotopic (exact) mass is 353 g/mol. The van der Waals surface area contributed by atoms with Gasteiger partial charge in [0.15, 0.2) is 5.78 Å². The van der Waals surface area contributed by atoms with Crippen molar-refractivity contribution in [3.63, 3.8) is 0 Å². The quantitative estimate of drug-likeness (QED) is 0.830. The van der Waals surface area contributed by atoms with Gasteiger partial charge in [0, 0.05) is 37.1 Å². The van der Waals surface area contributed by atoms with E-state index in [0.29, 0.717) is 11.3 Å². The summed E-state index contributed by atoms with van der Waals surface area (Å²) >= 11 is 0. The molecule has 0 aliphatic carbocycles. The summed E-state index contributed by atoms with van der Waals surface area (Å²) in [4.78, 5) is 34.6. The molecule has 2 aromatic rings. The number of hydrogen-bond donors (Lipinski definition) is 1. The molecule has 3 rings (SSSR count). The summed E-state index contributed by atoms with van der Waals surface area (Å²) < 4.78 is 0. The smallest absolute Gasteiger partial charge is 0.256 e. The number of carbonyl (C=O) groups is 2. The lowest BCUT2D eigenvalue weighted by Crippen LogP contribution is -2.44. The summed E-state index contributed by atoms with van der Waals surface area (Å²) in [6.45, 7) is 6.05. The summed E-state index contributed by atoms with van der Waals surface area (Å²) in [5, 5.41) is 0. The molecule has 1 fully saturated rings. The van der Waals surface area contributed by atoms with E-state index in [-0.39, 0.29) is 17.7 Å². The lowest BCUT2D eigenvalue weighted by Gasteiger charge is -2.36. The Kier molecular flexibility index (Phi) is 5.55. The number of hydrogen-bond acceptors (Lipinski definition) is 3. The predicted molar refractivity (Wildman–Crippen MR) is 102 cm³/mol. The molecule has 1 amide bonds. The van der Waals surface area contributed by atoms with Crippen LogP contribution in [0.4, 0.5) is 0 Å². The molecule has 1 aliphatic heterocycles. The second kappa shape index (κ2) is 7.85. The molecule has 0 radical (unpaired) electrons. The second-order valence-electron chi connectivity index (χ2n) is 7.19. The van der Waals surface area contributed by atoms with Gasteiger partial charge in [-0.05, 0) is 63.6 Å². The van der Waals surface area contributed by atoms with Gasteiger partial charge in [-0.25, -0.2) is 0 Å². The summed E-state index contributed by atoms with van der Waals surface area (Å²) in [6.07, 6.45) is 6.83. The van der Waals surface area contributed by atoms with E-state index in [4.69, 9.17) is 0 Å². The van der Waals surface area contributed by atoms with Crippen LogP contribution in [0.2, 0.25) is 0 Å². The molecule has 26 heavy (non-hydrogen) atoms. The average molecular weight is 353 g/mol. The van der Waals surface area contributed by atoms with E-state index in [0.717, 1.165) is 55.6 Å². The van der Waals surface area contributed by atoms with E-state index in [1.165, 1.54) is 6.92 Å². The van der Waals surface area contributed by atoms with Gasteiger partial charge in [-0.2, -0.15) is 0 Å². The third kappa shape index (κ3) is 3.71. The van der Waals surface area contributed by atoms with E-state index in [1.807, 2.05) is 43.1 Å². The van der Waals surface area contributed by atoms with Crippen molar-refractivity contribution in [1.29, 1.82) is 0 Å². The number of carbonyl (C=O) groups excluding carboxylic acids is 2. The van der Waals surface area contributed by atoms with Crippen LogP contribution < -0.4 is 0 Å². The van der Waals surface area contributed by atoms with Gasteiger partial charge >= 0.3 is 0 Å². The molecular weight excluding hydrogens is 326 g/mol. The fourth-order valence-corrected chi connectivity index (χ4v) is 4.00. The number of aromatic amines is 1. The van der Waals surface area contributed by atoms with Gasteiger partial charge in [0.1, 0.15) is 0 Å². The first kappa shape index (κ1) is 18.4. The largest absolute Gasteiger partial charge is 0.355 e. The Morgan fingerprint density at radius 2 is 2.08 bits per heavy atom. The molecular formula is C21H27N3O2. The van der Waals surface area contributed by atoms with Crippen LogP contribution in [-0.2, 0) is 6.42 Å². The zero-order valence-corrected chi connectivity index (χ0v) is 15.8. The third-order valence-corrected chi connectivity index (χ3v) is 5.35. The number of Topliss-reactive ketones (excluding diaryl/α,β-unsaturated/α-hetero) is 1. The number of aromatic nitrogens is 2. The molecule has 1 atom stereocenters. The van der Waals surface area contributed by atoms with Crippen LogP contribution in [0.15, 0.2) is 24.4 Å². The van der Waals surface area contributed by atoms with Crippen molar-refractivity contribution in [3.05, 3.63) is 52.6 Å². The van der Waals surface area contributed by atoms with Crippen LogP contribution in [0.25, 0.3) is 0 Å². The maximum atomic E-state index is 13.3. The van der Waals surface area contributed by atoms with E-state index in [1.54, 1.807) is 0 Å². The second-order valence-corrected chi connectivity index (χ2v) is 7.19. The molecule has 0 aromatic carbocycles. The van der Waals surface area contributed by atoms with Crippen molar-refractivity contribution in [2.24, 2.45) is 0 Å². The number of ketones is 1. The minimum absolute atomic E-state index is 0.0324. The van der Waals surface area contributed by atoms with Gasteiger partial charge < -0.3 is 9.88 Å². The number of piperidine rings is 1. The minimum Gasteiger partial charge on any atom is -0.355 e. The number of H-pyrrole nitrogens is 1. The van der Waals surface area contributed by atoms with Gasteiger partial charge in [-0.15, -0.1) is 0 Å². The molecule has 138 valence electrons. The zero-order valence-electron chi connectivity index (χ0n) is 15.8. The van der Waals surface area contributed by atoms with Gasteiger partial charge in [0.05, 0.1) is 11.3 Å². The van der Waals surface area contributed by atoms with Crippen molar-refractivity contribution in [2.45, 2.75) is 58.9 Å².